The van der Waals surface area contributed by atoms with Crippen LogP contribution in [0.25, 0.3) is 0 Å². The van der Waals surface area contributed by atoms with Crippen molar-refractivity contribution >= 4 is 47.2 Å². The van der Waals surface area contributed by atoms with Gasteiger partial charge in [-0.25, -0.2) is 4.79 Å². The van der Waals surface area contributed by atoms with Gasteiger partial charge in [-0.3, -0.25) is 4.57 Å². The van der Waals surface area contributed by atoms with Gasteiger partial charge in [-0.2, -0.15) is 0 Å². The van der Waals surface area contributed by atoms with Gasteiger partial charge in [0.15, 0.2) is 7.29 Å². The molecule has 132 valence electrons. The lowest BCUT2D eigenvalue weighted by Gasteiger charge is -2.16. The van der Waals surface area contributed by atoms with Crippen LogP contribution in [-0.2, 0) is 4.57 Å². The van der Waals surface area contributed by atoms with Gasteiger partial charge in [0.1, 0.15) is 4.88 Å². The molecule has 2 N–H and O–H groups in total. The van der Waals surface area contributed by atoms with E-state index in [4.69, 9.17) is 11.6 Å². The van der Waals surface area contributed by atoms with E-state index in [-0.39, 0.29) is 10.3 Å². The normalized spacial score (nSPS) is 13.5. The van der Waals surface area contributed by atoms with Crippen LogP contribution in [0.1, 0.15) is 35.3 Å². The highest BCUT2D eigenvalue weighted by molar-refractivity contribution is 7.72. The topological polar surface area (TPSA) is 66.4 Å². The first-order chi connectivity index (χ1) is 11.5. The molecule has 7 heteroatoms. The molecule has 2 rings (SSSR count). The third-order valence-electron chi connectivity index (χ3n) is 3.14. The molecule has 4 nitrogen and oxygen atoms in total. The number of nitrogens with one attached hydrogen (secondary N) is 1. The predicted molar refractivity (Wildman–Crippen MR) is 106 cm³/mol. The Labute approximate surface area is 156 Å². The van der Waals surface area contributed by atoms with Crippen LogP contribution in [0.5, 0.6) is 0 Å². The van der Waals surface area contributed by atoms with Crippen LogP contribution >= 0.6 is 30.2 Å². The minimum Gasteiger partial charge on any atom is -0.477 e. The van der Waals surface area contributed by atoms with E-state index in [9.17, 15) is 14.5 Å². The molecule has 1 atom stereocenters. The Bertz CT molecular complexity index is 901. The van der Waals surface area contributed by atoms with Crippen LogP contribution in [0.15, 0.2) is 30.3 Å². The van der Waals surface area contributed by atoms with Crippen LogP contribution in [0, 0.1) is 17.3 Å². The quantitative estimate of drug-likeness (QED) is 0.555. The first-order valence-electron chi connectivity index (χ1n) is 7.50. The predicted octanol–water partition coefficient (Wildman–Crippen LogP) is 5.14. The molecule has 1 aromatic heterocycles. The maximum absolute atomic E-state index is 13.0. The Morgan fingerprint density at radius 3 is 2.40 bits per heavy atom. The highest BCUT2D eigenvalue weighted by Crippen LogP contribution is 2.43. The number of thiophene rings is 1. The first-order valence-corrected chi connectivity index (χ1v) is 10.8. The van der Waals surface area contributed by atoms with Crippen molar-refractivity contribution in [1.29, 1.82) is 0 Å². The van der Waals surface area contributed by atoms with E-state index < -0.39 is 13.3 Å². The molecule has 1 aromatic carbocycles. The molecule has 0 saturated carbocycles. The lowest BCUT2D eigenvalue weighted by Crippen LogP contribution is -2.11. The van der Waals surface area contributed by atoms with Crippen molar-refractivity contribution in [2.75, 3.05) is 11.8 Å². The van der Waals surface area contributed by atoms with E-state index in [1.165, 1.54) is 0 Å². The number of hydrogen-bond acceptors (Lipinski definition) is 3. The molecule has 0 radical (unpaired) electrons. The first kappa shape index (κ1) is 19.6. The molecule has 0 aliphatic rings. The van der Waals surface area contributed by atoms with Gasteiger partial charge in [-0.1, -0.05) is 23.4 Å². The molecule has 25 heavy (non-hydrogen) atoms. The van der Waals surface area contributed by atoms with Crippen LogP contribution in [0.4, 0.5) is 5.69 Å². The summed E-state index contributed by atoms with van der Waals surface area (Å²) in [6, 6.07) is 8.28. The Morgan fingerprint density at radius 2 is 1.88 bits per heavy atom. The minimum absolute atomic E-state index is 0.0919. The van der Waals surface area contributed by atoms with E-state index in [1.54, 1.807) is 37.0 Å². The van der Waals surface area contributed by atoms with Gasteiger partial charge in [0, 0.05) is 22.4 Å². The zero-order valence-electron chi connectivity index (χ0n) is 14.4. The van der Waals surface area contributed by atoms with Gasteiger partial charge in [-0.15, -0.1) is 11.3 Å². The van der Waals surface area contributed by atoms with E-state index in [2.05, 4.69) is 16.9 Å². The number of aromatic carboxylic acids is 1. The maximum Gasteiger partial charge on any atom is 0.348 e. The van der Waals surface area contributed by atoms with Gasteiger partial charge in [0.05, 0.1) is 10.6 Å². The SMILES string of the molecule is CC(C)(C)C#Cc1cc(NP(C)(=O)c2ccc(Cl)cc2)c(C(=O)O)s1. The smallest absolute Gasteiger partial charge is 0.348 e. The number of anilines is 1. The van der Waals surface area contributed by atoms with Gasteiger partial charge in [0.25, 0.3) is 0 Å². The van der Waals surface area contributed by atoms with E-state index in [0.717, 1.165) is 11.3 Å². The molecule has 1 heterocycles. The van der Waals surface area contributed by atoms with Crippen LogP contribution in [0.3, 0.4) is 0 Å². The molecular formula is C18H19ClNO3PS. The lowest BCUT2D eigenvalue weighted by molar-refractivity contribution is 0.0703. The molecule has 0 saturated heterocycles. The van der Waals surface area contributed by atoms with Crippen molar-refractivity contribution in [3.63, 3.8) is 0 Å². The summed E-state index contributed by atoms with van der Waals surface area (Å²) in [5.41, 5.74) is 0.126. The van der Waals surface area contributed by atoms with Gasteiger partial charge >= 0.3 is 5.97 Å². The Kier molecular flexibility index (Phi) is 5.68. The number of carbonyl (C=O) groups is 1. The van der Waals surface area contributed by atoms with Crippen molar-refractivity contribution in [2.24, 2.45) is 5.41 Å². The van der Waals surface area contributed by atoms with Crippen LogP contribution in [0.2, 0.25) is 5.02 Å². The molecular weight excluding hydrogens is 377 g/mol. The standard InChI is InChI=1S/C18H19ClNO3PS/c1-18(2,3)10-9-14-11-15(16(25-14)17(21)22)20-24(4,23)13-7-5-12(19)6-8-13/h5-8,11H,1-4H3,(H,20,23)(H,21,22). The van der Waals surface area contributed by atoms with Gasteiger partial charge in [0.2, 0.25) is 0 Å². The molecule has 0 aliphatic carbocycles. The average Bonchev–Trinajstić information content (AvgIpc) is 2.87. The van der Waals surface area contributed by atoms with Crippen molar-refractivity contribution < 1.29 is 14.5 Å². The molecule has 0 amide bonds. The average molecular weight is 396 g/mol. The summed E-state index contributed by atoms with van der Waals surface area (Å²) >= 11 is 6.93. The number of hydrogen-bond donors (Lipinski definition) is 2. The highest BCUT2D eigenvalue weighted by atomic mass is 35.5. The highest BCUT2D eigenvalue weighted by Gasteiger charge is 2.23. The Balaban J connectivity index is 2.39. The molecule has 0 spiro atoms. The fourth-order valence-electron chi connectivity index (χ4n) is 1.96. The summed E-state index contributed by atoms with van der Waals surface area (Å²) in [6.07, 6.45) is 0. The zero-order chi connectivity index (χ0) is 18.8. The monoisotopic (exact) mass is 395 g/mol. The largest absolute Gasteiger partial charge is 0.477 e. The van der Waals surface area contributed by atoms with E-state index in [0.29, 0.717) is 20.9 Å². The van der Waals surface area contributed by atoms with E-state index in [1.807, 2.05) is 20.8 Å². The van der Waals surface area contributed by atoms with Crippen LogP contribution in [-0.4, -0.2) is 17.7 Å². The fraction of sp³-hybridized carbons (Fsp3) is 0.278. The molecule has 1 unspecified atom stereocenters. The summed E-state index contributed by atoms with van der Waals surface area (Å²) < 4.78 is 13.0. The molecule has 0 fully saturated rings. The summed E-state index contributed by atoms with van der Waals surface area (Å²) in [5, 5.41) is 13.4. The maximum atomic E-state index is 13.0. The number of rotatable bonds is 4. The summed E-state index contributed by atoms with van der Waals surface area (Å²) in [6.45, 7) is 7.49. The number of halogens is 1. The Hall–Kier alpha value is -1.73. The van der Waals surface area contributed by atoms with Crippen molar-refractivity contribution in [1.82, 2.24) is 0 Å². The number of carboxylic acids is 1. The number of carboxylic acid groups (broad SMARTS) is 1. The molecule has 2 aromatic rings. The third kappa shape index (κ3) is 5.37. The summed E-state index contributed by atoms with van der Waals surface area (Å²) in [4.78, 5) is 12.2. The summed E-state index contributed by atoms with van der Waals surface area (Å²) in [5.74, 6) is 4.99. The van der Waals surface area contributed by atoms with Crippen molar-refractivity contribution in [3.05, 3.63) is 45.1 Å². The fourth-order valence-corrected chi connectivity index (χ4v) is 4.45. The van der Waals surface area contributed by atoms with Crippen LogP contribution < -0.4 is 10.4 Å². The second-order valence-corrected chi connectivity index (χ2v) is 10.7. The van der Waals surface area contributed by atoms with E-state index >= 15 is 0 Å². The minimum atomic E-state index is -3.00. The van der Waals surface area contributed by atoms with Gasteiger partial charge in [-0.05, 0) is 51.1 Å². The zero-order valence-corrected chi connectivity index (χ0v) is 16.9. The molecule has 0 bridgehead atoms. The molecule has 0 aliphatic heterocycles. The summed E-state index contributed by atoms with van der Waals surface area (Å²) in [7, 11) is -3.00. The van der Waals surface area contributed by atoms with Gasteiger partial charge < -0.3 is 10.2 Å². The Morgan fingerprint density at radius 1 is 1.28 bits per heavy atom. The second kappa shape index (κ2) is 7.25. The lowest BCUT2D eigenvalue weighted by atomic mass is 9.98. The van der Waals surface area contributed by atoms with Crippen molar-refractivity contribution in [3.8, 4) is 11.8 Å². The third-order valence-corrected chi connectivity index (χ3v) is 6.38. The number of benzene rings is 1. The second-order valence-electron chi connectivity index (χ2n) is 6.67. The van der Waals surface area contributed by atoms with Crippen molar-refractivity contribution in [2.45, 2.75) is 20.8 Å².